The van der Waals surface area contributed by atoms with E-state index in [-0.39, 0.29) is 23.5 Å². The number of carbonyl (C=O) groups excluding carboxylic acids is 2. The van der Waals surface area contributed by atoms with Crippen LogP contribution in [0.15, 0.2) is 40.8 Å². The number of benzene rings is 1. The molecule has 7 heteroatoms. The molecule has 1 aliphatic rings. The number of methoxy groups -OCH3 is 1. The number of anilines is 1. The maximum Gasteiger partial charge on any atom is 0.291 e. The topological polar surface area (TPSA) is 97.8 Å². The van der Waals surface area contributed by atoms with E-state index in [2.05, 4.69) is 10.2 Å². The van der Waals surface area contributed by atoms with Crippen molar-refractivity contribution in [3.63, 3.8) is 0 Å². The lowest BCUT2D eigenvalue weighted by molar-refractivity contribution is -0.123. The van der Waals surface area contributed by atoms with Gasteiger partial charge >= 0.3 is 0 Å². The number of hydrogen-bond donors (Lipinski definition) is 2. The van der Waals surface area contributed by atoms with Gasteiger partial charge in [0.05, 0.1) is 0 Å². The normalized spacial score (nSPS) is 15.6. The second kappa shape index (κ2) is 8.83. The van der Waals surface area contributed by atoms with Gasteiger partial charge in [0, 0.05) is 25.3 Å². The summed E-state index contributed by atoms with van der Waals surface area (Å²) in [5, 5.41) is 2.86. The Hall–Kier alpha value is -2.64. The largest absolute Gasteiger partial charge is 0.453 e. The Morgan fingerprint density at radius 3 is 2.74 bits per heavy atom. The number of piperidine rings is 1. The van der Waals surface area contributed by atoms with Gasteiger partial charge in [-0.3, -0.25) is 14.5 Å². The molecule has 3 N–H and O–H groups in total. The van der Waals surface area contributed by atoms with E-state index in [1.807, 2.05) is 24.3 Å². The van der Waals surface area contributed by atoms with Crippen molar-refractivity contribution < 1.29 is 18.7 Å². The molecular formula is C20H25N3O4. The van der Waals surface area contributed by atoms with Gasteiger partial charge in [0.1, 0.15) is 12.4 Å². The summed E-state index contributed by atoms with van der Waals surface area (Å²) in [6.07, 6.45) is 1.60. The summed E-state index contributed by atoms with van der Waals surface area (Å²) in [7, 11) is 1.57. The molecule has 3 rings (SSSR count). The molecule has 2 amide bonds. The van der Waals surface area contributed by atoms with Crippen LogP contribution in [0.1, 0.15) is 34.7 Å². The van der Waals surface area contributed by atoms with E-state index < -0.39 is 0 Å². The van der Waals surface area contributed by atoms with Crippen molar-refractivity contribution >= 4 is 17.5 Å². The monoisotopic (exact) mass is 371 g/mol. The van der Waals surface area contributed by atoms with Crippen LogP contribution >= 0.6 is 0 Å². The molecule has 144 valence electrons. The Morgan fingerprint density at radius 2 is 2.04 bits per heavy atom. The first-order chi connectivity index (χ1) is 13.0. The van der Waals surface area contributed by atoms with E-state index in [0.29, 0.717) is 18.1 Å². The molecule has 7 nitrogen and oxygen atoms in total. The fraction of sp³-hybridized carbons (Fsp3) is 0.400. The zero-order valence-corrected chi connectivity index (χ0v) is 15.4. The lowest BCUT2D eigenvalue weighted by Crippen LogP contribution is -2.38. The van der Waals surface area contributed by atoms with Crippen LogP contribution in [-0.2, 0) is 22.7 Å². The molecule has 0 atom stereocenters. The lowest BCUT2D eigenvalue weighted by atomic mass is 9.96. The third-order valence-corrected chi connectivity index (χ3v) is 4.75. The zero-order chi connectivity index (χ0) is 19.2. The molecule has 27 heavy (non-hydrogen) atoms. The summed E-state index contributed by atoms with van der Waals surface area (Å²) in [5.41, 5.74) is 7.20. The summed E-state index contributed by atoms with van der Waals surface area (Å²) in [4.78, 5) is 25.9. The number of carbonyl (C=O) groups is 2. The molecule has 2 heterocycles. The minimum absolute atomic E-state index is 0.0110. The van der Waals surface area contributed by atoms with Crippen molar-refractivity contribution in [3.8, 4) is 0 Å². The Labute approximate surface area is 158 Å². The van der Waals surface area contributed by atoms with Gasteiger partial charge in [-0.15, -0.1) is 0 Å². The van der Waals surface area contributed by atoms with Gasteiger partial charge in [-0.25, -0.2) is 0 Å². The Balaban J connectivity index is 1.57. The number of nitrogens with one attached hydrogen (secondary N) is 1. The van der Waals surface area contributed by atoms with E-state index in [9.17, 15) is 9.59 Å². The first kappa shape index (κ1) is 19.1. The van der Waals surface area contributed by atoms with E-state index in [1.54, 1.807) is 19.2 Å². The fourth-order valence-corrected chi connectivity index (χ4v) is 3.29. The average Bonchev–Trinajstić information content (AvgIpc) is 3.12. The molecule has 1 aliphatic heterocycles. The van der Waals surface area contributed by atoms with Gasteiger partial charge in [0.15, 0.2) is 5.76 Å². The van der Waals surface area contributed by atoms with Crippen LogP contribution in [-0.4, -0.2) is 36.9 Å². The summed E-state index contributed by atoms with van der Waals surface area (Å²) < 4.78 is 10.4. The van der Waals surface area contributed by atoms with Crippen LogP contribution in [0.3, 0.4) is 0 Å². The van der Waals surface area contributed by atoms with E-state index in [4.69, 9.17) is 14.9 Å². The molecule has 1 aromatic heterocycles. The van der Waals surface area contributed by atoms with E-state index in [0.717, 1.165) is 38.0 Å². The molecule has 0 aliphatic carbocycles. The molecule has 0 spiro atoms. The lowest BCUT2D eigenvalue weighted by Gasteiger charge is -2.30. The fourth-order valence-electron chi connectivity index (χ4n) is 3.29. The number of primary amides is 1. The quantitative estimate of drug-likeness (QED) is 0.779. The predicted molar refractivity (Wildman–Crippen MR) is 101 cm³/mol. The van der Waals surface area contributed by atoms with Gasteiger partial charge in [-0.2, -0.15) is 0 Å². The van der Waals surface area contributed by atoms with Crippen molar-refractivity contribution in [1.82, 2.24) is 4.90 Å². The third kappa shape index (κ3) is 5.18. The van der Waals surface area contributed by atoms with Crippen molar-refractivity contribution in [2.45, 2.75) is 26.0 Å². The third-order valence-electron chi connectivity index (χ3n) is 4.75. The van der Waals surface area contributed by atoms with Gasteiger partial charge in [-0.05, 0) is 55.8 Å². The highest BCUT2D eigenvalue weighted by atomic mass is 16.5. The van der Waals surface area contributed by atoms with Gasteiger partial charge in [0.25, 0.3) is 5.91 Å². The smallest absolute Gasteiger partial charge is 0.291 e. The van der Waals surface area contributed by atoms with Crippen molar-refractivity contribution in [1.29, 1.82) is 0 Å². The molecular weight excluding hydrogens is 346 g/mol. The summed E-state index contributed by atoms with van der Waals surface area (Å²) in [6.45, 7) is 2.79. The van der Waals surface area contributed by atoms with E-state index in [1.165, 1.54) is 0 Å². The minimum atomic E-state index is -0.295. The zero-order valence-electron chi connectivity index (χ0n) is 15.4. The summed E-state index contributed by atoms with van der Waals surface area (Å²) in [6, 6.07) is 11.1. The van der Waals surface area contributed by atoms with Crippen molar-refractivity contribution in [2.24, 2.45) is 11.7 Å². The van der Waals surface area contributed by atoms with Gasteiger partial charge in [-0.1, -0.05) is 12.1 Å². The molecule has 0 bridgehead atoms. The number of nitrogens with zero attached hydrogens (tertiary/aromatic N) is 1. The predicted octanol–water partition coefficient (Wildman–Crippen LogP) is 2.38. The van der Waals surface area contributed by atoms with Crippen LogP contribution in [0.2, 0.25) is 0 Å². The molecule has 1 fully saturated rings. The number of amides is 2. The molecule has 1 aromatic carbocycles. The highest BCUT2D eigenvalue weighted by Crippen LogP contribution is 2.20. The number of nitrogens with two attached hydrogens (primary N) is 1. The van der Waals surface area contributed by atoms with Crippen LogP contribution in [0, 0.1) is 5.92 Å². The molecule has 0 radical (unpaired) electrons. The average molecular weight is 371 g/mol. The number of furan rings is 1. The Kier molecular flexibility index (Phi) is 6.26. The first-order valence-electron chi connectivity index (χ1n) is 9.05. The van der Waals surface area contributed by atoms with Crippen LogP contribution in [0.25, 0.3) is 0 Å². The number of likely N-dealkylation sites (tertiary alicyclic amines) is 1. The second-order valence-electron chi connectivity index (χ2n) is 6.81. The highest BCUT2D eigenvalue weighted by Gasteiger charge is 2.23. The van der Waals surface area contributed by atoms with E-state index >= 15 is 0 Å². The molecule has 1 saturated heterocycles. The minimum Gasteiger partial charge on any atom is -0.453 e. The molecule has 0 unspecified atom stereocenters. The van der Waals surface area contributed by atoms with Gasteiger partial charge in [0.2, 0.25) is 5.91 Å². The Bertz CT molecular complexity index is 794. The van der Waals surface area contributed by atoms with Crippen molar-refractivity contribution in [2.75, 3.05) is 25.5 Å². The highest BCUT2D eigenvalue weighted by molar-refractivity contribution is 6.02. The Morgan fingerprint density at radius 1 is 1.26 bits per heavy atom. The van der Waals surface area contributed by atoms with Gasteiger partial charge < -0.3 is 20.2 Å². The number of hydrogen-bond acceptors (Lipinski definition) is 5. The maximum absolute atomic E-state index is 12.3. The summed E-state index contributed by atoms with van der Waals surface area (Å²) >= 11 is 0. The number of ether oxygens (including phenoxy) is 1. The SMILES string of the molecule is COCc1ccc(C(=O)Nc2cccc(CN3CCC(C(N)=O)CC3)c2)o1. The van der Waals surface area contributed by atoms with Crippen LogP contribution in [0.5, 0.6) is 0 Å². The standard InChI is InChI=1S/C20H25N3O4/c1-26-13-17-5-6-18(27-17)20(25)22-16-4-2-3-14(11-16)12-23-9-7-15(8-10-23)19(21)24/h2-6,11,15H,7-10,12-13H2,1H3,(H2,21,24)(H,22,25). The second-order valence-corrected chi connectivity index (χ2v) is 6.81. The summed E-state index contributed by atoms with van der Waals surface area (Å²) in [5.74, 6) is 0.350. The first-order valence-corrected chi connectivity index (χ1v) is 9.05. The van der Waals surface area contributed by atoms with Crippen molar-refractivity contribution in [3.05, 3.63) is 53.5 Å². The van der Waals surface area contributed by atoms with Crippen LogP contribution in [0.4, 0.5) is 5.69 Å². The molecule has 2 aromatic rings. The molecule has 0 saturated carbocycles. The number of rotatable bonds is 7. The maximum atomic E-state index is 12.3. The van der Waals surface area contributed by atoms with Crippen LogP contribution < -0.4 is 11.1 Å².